The Morgan fingerprint density at radius 1 is 0.771 bits per heavy atom. The first-order valence-corrected chi connectivity index (χ1v) is 10.9. The number of hydrogen-bond donors (Lipinski definition) is 2. The van der Waals surface area contributed by atoms with Gasteiger partial charge in [0.15, 0.2) is 11.5 Å². The quantitative estimate of drug-likeness (QED) is 0.289. The Labute approximate surface area is 199 Å². The average Bonchev–Trinajstić information content (AvgIpc) is 3.33. The van der Waals surface area contributed by atoms with Crippen molar-refractivity contribution in [2.75, 3.05) is 10.2 Å². The van der Waals surface area contributed by atoms with Crippen LogP contribution >= 0.6 is 0 Å². The number of aromatic amines is 1. The molecule has 35 heavy (non-hydrogen) atoms. The van der Waals surface area contributed by atoms with Crippen molar-refractivity contribution in [2.24, 2.45) is 0 Å². The molecule has 0 aliphatic carbocycles. The standard InChI is InChI=1S/C26H21F3N6/c27-26(28,29)20-11-13-21(14-12-20)32-25-33-23-22(30-17-31-23)24(34-25)35(15-18-7-3-1-4-8-18)16-19-9-5-2-6-10-19/h1-14,17H,15-16H2,(H2,30,31,32,33,34). The number of anilines is 3. The predicted octanol–water partition coefficient (Wildman–Crippen LogP) is 6.32. The Bertz CT molecular complexity index is 1360. The van der Waals surface area contributed by atoms with E-state index in [-0.39, 0.29) is 5.95 Å². The van der Waals surface area contributed by atoms with Crippen LogP contribution in [-0.4, -0.2) is 19.9 Å². The molecule has 0 saturated carbocycles. The first-order chi connectivity index (χ1) is 17.0. The van der Waals surface area contributed by atoms with Gasteiger partial charge in [-0.15, -0.1) is 0 Å². The second-order valence-corrected chi connectivity index (χ2v) is 8.00. The van der Waals surface area contributed by atoms with E-state index in [9.17, 15) is 13.2 Å². The third kappa shape index (κ3) is 5.24. The topological polar surface area (TPSA) is 69.7 Å². The number of nitrogens with one attached hydrogen (secondary N) is 2. The van der Waals surface area contributed by atoms with E-state index in [1.165, 1.54) is 12.1 Å². The summed E-state index contributed by atoms with van der Waals surface area (Å²) in [6.45, 7) is 1.17. The van der Waals surface area contributed by atoms with Gasteiger partial charge in [-0.3, -0.25) is 0 Å². The van der Waals surface area contributed by atoms with Crippen LogP contribution in [-0.2, 0) is 19.3 Å². The molecule has 2 N–H and O–H groups in total. The van der Waals surface area contributed by atoms with Crippen LogP contribution in [0, 0.1) is 0 Å². The molecule has 0 radical (unpaired) electrons. The van der Waals surface area contributed by atoms with E-state index in [0.717, 1.165) is 23.3 Å². The fourth-order valence-corrected chi connectivity index (χ4v) is 3.79. The zero-order chi connectivity index (χ0) is 24.3. The van der Waals surface area contributed by atoms with Crippen LogP contribution < -0.4 is 10.2 Å². The SMILES string of the molecule is FC(F)(F)c1ccc(Nc2nc(N(Cc3ccccc3)Cc3ccccc3)c3[nH]cnc3n2)cc1. The molecular weight excluding hydrogens is 453 g/mol. The van der Waals surface area contributed by atoms with Crippen LogP contribution in [0.15, 0.2) is 91.3 Å². The van der Waals surface area contributed by atoms with E-state index in [2.05, 4.69) is 25.2 Å². The Hall–Kier alpha value is -4.40. The van der Waals surface area contributed by atoms with Gasteiger partial charge in [0.1, 0.15) is 5.52 Å². The molecule has 0 saturated heterocycles. The number of fused-ring (bicyclic) bond motifs is 1. The minimum absolute atomic E-state index is 0.241. The van der Waals surface area contributed by atoms with Crippen molar-refractivity contribution in [1.82, 2.24) is 19.9 Å². The summed E-state index contributed by atoms with van der Waals surface area (Å²) in [5.74, 6) is 0.875. The summed E-state index contributed by atoms with van der Waals surface area (Å²) in [5.41, 5.74) is 3.06. The smallest absolute Gasteiger partial charge is 0.346 e. The highest BCUT2D eigenvalue weighted by Gasteiger charge is 2.30. The van der Waals surface area contributed by atoms with Crippen molar-refractivity contribution in [1.29, 1.82) is 0 Å². The zero-order valence-corrected chi connectivity index (χ0v) is 18.5. The van der Waals surface area contributed by atoms with Gasteiger partial charge in [-0.1, -0.05) is 60.7 Å². The fourth-order valence-electron chi connectivity index (χ4n) is 3.79. The van der Waals surface area contributed by atoms with E-state index in [1.807, 2.05) is 60.7 Å². The first-order valence-electron chi connectivity index (χ1n) is 10.9. The van der Waals surface area contributed by atoms with Gasteiger partial charge in [0.05, 0.1) is 11.9 Å². The predicted molar refractivity (Wildman–Crippen MR) is 129 cm³/mol. The van der Waals surface area contributed by atoms with Crippen molar-refractivity contribution in [2.45, 2.75) is 19.3 Å². The molecule has 0 aliphatic rings. The summed E-state index contributed by atoms with van der Waals surface area (Å²) in [7, 11) is 0. The Kier molecular flexibility index (Phi) is 6.05. The number of alkyl halides is 3. The van der Waals surface area contributed by atoms with Crippen molar-refractivity contribution in [3.8, 4) is 0 Å². The van der Waals surface area contributed by atoms with E-state index in [4.69, 9.17) is 4.98 Å². The van der Waals surface area contributed by atoms with Crippen LogP contribution in [0.25, 0.3) is 11.2 Å². The second kappa shape index (κ2) is 9.46. The molecule has 0 spiro atoms. The van der Waals surface area contributed by atoms with Gasteiger partial charge in [-0.25, -0.2) is 4.98 Å². The molecule has 0 amide bonds. The van der Waals surface area contributed by atoms with E-state index < -0.39 is 11.7 Å². The summed E-state index contributed by atoms with van der Waals surface area (Å²) < 4.78 is 38.8. The Morgan fingerprint density at radius 3 is 1.94 bits per heavy atom. The van der Waals surface area contributed by atoms with Gasteiger partial charge in [-0.2, -0.15) is 23.1 Å². The highest BCUT2D eigenvalue weighted by Crippen LogP contribution is 2.31. The molecule has 2 heterocycles. The van der Waals surface area contributed by atoms with Crippen LogP contribution in [0.1, 0.15) is 16.7 Å². The maximum Gasteiger partial charge on any atom is 0.416 e. The molecule has 0 fully saturated rings. The lowest BCUT2D eigenvalue weighted by molar-refractivity contribution is -0.137. The first kappa shape index (κ1) is 22.4. The summed E-state index contributed by atoms with van der Waals surface area (Å²) in [6, 6.07) is 24.8. The van der Waals surface area contributed by atoms with Crippen molar-refractivity contribution in [3.63, 3.8) is 0 Å². The van der Waals surface area contributed by atoms with Gasteiger partial charge >= 0.3 is 6.18 Å². The van der Waals surface area contributed by atoms with E-state index in [1.54, 1.807) is 6.33 Å². The van der Waals surface area contributed by atoms with Crippen LogP contribution in [0.2, 0.25) is 0 Å². The maximum absolute atomic E-state index is 12.9. The second-order valence-electron chi connectivity index (χ2n) is 8.00. The number of nitrogens with zero attached hydrogens (tertiary/aromatic N) is 4. The number of imidazole rings is 1. The molecule has 0 unspecified atom stereocenters. The number of H-pyrrole nitrogens is 1. The van der Waals surface area contributed by atoms with Gasteiger partial charge in [0, 0.05) is 18.8 Å². The average molecular weight is 474 g/mol. The summed E-state index contributed by atoms with van der Waals surface area (Å²) >= 11 is 0. The Balaban J connectivity index is 1.51. The monoisotopic (exact) mass is 474 g/mol. The minimum Gasteiger partial charge on any atom is -0.346 e. The molecule has 176 valence electrons. The van der Waals surface area contributed by atoms with E-state index in [0.29, 0.717) is 35.8 Å². The highest BCUT2D eigenvalue weighted by atomic mass is 19.4. The van der Waals surface area contributed by atoms with Gasteiger partial charge in [0.2, 0.25) is 5.95 Å². The molecule has 2 aromatic heterocycles. The largest absolute Gasteiger partial charge is 0.416 e. The summed E-state index contributed by atoms with van der Waals surface area (Å²) in [5, 5.41) is 3.02. The van der Waals surface area contributed by atoms with Gasteiger partial charge < -0.3 is 15.2 Å². The van der Waals surface area contributed by atoms with Gasteiger partial charge in [0.25, 0.3) is 0 Å². The molecule has 6 nitrogen and oxygen atoms in total. The molecule has 3 aromatic carbocycles. The molecule has 9 heteroatoms. The number of halogens is 3. The Morgan fingerprint density at radius 2 is 1.37 bits per heavy atom. The molecular formula is C26H21F3N6. The lowest BCUT2D eigenvalue weighted by Crippen LogP contribution is -2.24. The lowest BCUT2D eigenvalue weighted by atomic mass is 10.1. The van der Waals surface area contributed by atoms with Crippen LogP contribution in [0.5, 0.6) is 0 Å². The molecule has 5 aromatic rings. The lowest BCUT2D eigenvalue weighted by Gasteiger charge is -2.25. The molecule has 0 bridgehead atoms. The van der Waals surface area contributed by atoms with Crippen LogP contribution in [0.3, 0.4) is 0 Å². The number of rotatable bonds is 7. The third-order valence-corrected chi connectivity index (χ3v) is 5.47. The van der Waals surface area contributed by atoms with Crippen molar-refractivity contribution < 1.29 is 13.2 Å². The molecule has 0 aliphatic heterocycles. The number of hydrogen-bond acceptors (Lipinski definition) is 5. The fraction of sp³-hybridized carbons (Fsp3) is 0.115. The van der Waals surface area contributed by atoms with Gasteiger partial charge in [-0.05, 0) is 35.4 Å². The number of aromatic nitrogens is 4. The molecule has 0 atom stereocenters. The normalized spacial score (nSPS) is 11.5. The summed E-state index contributed by atoms with van der Waals surface area (Å²) in [4.78, 5) is 18.7. The van der Waals surface area contributed by atoms with E-state index >= 15 is 0 Å². The van der Waals surface area contributed by atoms with Crippen molar-refractivity contribution in [3.05, 3.63) is 108 Å². The third-order valence-electron chi connectivity index (χ3n) is 5.47. The van der Waals surface area contributed by atoms with Crippen molar-refractivity contribution >= 4 is 28.6 Å². The maximum atomic E-state index is 12.9. The zero-order valence-electron chi connectivity index (χ0n) is 18.5. The number of benzene rings is 3. The summed E-state index contributed by atoms with van der Waals surface area (Å²) in [6.07, 6.45) is -2.85. The minimum atomic E-state index is -4.40. The molecule has 5 rings (SSSR count). The highest BCUT2D eigenvalue weighted by molar-refractivity contribution is 5.84. The van der Waals surface area contributed by atoms with Crippen LogP contribution in [0.4, 0.5) is 30.6 Å².